The van der Waals surface area contributed by atoms with Crippen molar-refractivity contribution in [2.75, 3.05) is 5.75 Å². The Balaban J connectivity index is 2.29. The van der Waals surface area contributed by atoms with Crippen molar-refractivity contribution in [3.8, 4) is 0 Å². The molecule has 1 heterocycles. The Hall–Kier alpha value is -1.48. The molecule has 0 bridgehead atoms. The molecule has 0 saturated carbocycles. The van der Waals surface area contributed by atoms with Crippen LogP contribution in [0.1, 0.15) is 11.1 Å². The number of oxime groups is 1. The predicted octanol–water partition coefficient (Wildman–Crippen LogP) is 3.26. The van der Waals surface area contributed by atoms with Crippen molar-refractivity contribution in [1.82, 2.24) is 0 Å². The zero-order valence-electron chi connectivity index (χ0n) is 8.68. The van der Waals surface area contributed by atoms with E-state index in [-0.39, 0.29) is 0 Å². The average Bonchev–Trinajstić information content (AvgIpc) is 2.35. The van der Waals surface area contributed by atoms with Crippen molar-refractivity contribution in [2.45, 2.75) is 5.75 Å². The lowest BCUT2D eigenvalue weighted by Gasteiger charge is -2.17. The third kappa shape index (κ3) is 1.48. The molecule has 1 aliphatic heterocycles. The number of nitrogens with zero attached hydrogens (tertiary/aromatic N) is 1. The highest BCUT2D eigenvalue weighted by Gasteiger charge is 2.16. The average molecular weight is 229 g/mol. The van der Waals surface area contributed by atoms with Gasteiger partial charge in [-0.15, -0.1) is 0 Å². The van der Waals surface area contributed by atoms with Crippen LogP contribution in [0.3, 0.4) is 0 Å². The van der Waals surface area contributed by atoms with Crippen LogP contribution in [-0.4, -0.2) is 16.7 Å². The van der Waals surface area contributed by atoms with E-state index in [2.05, 4.69) is 29.4 Å². The van der Waals surface area contributed by atoms with Gasteiger partial charge in [0.2, 0.25) is 0 Å². The lowest BCUT2D eigenvalue weighted by molar-refractivity contribution is 0.319. The van der Waals surface area contributed by atoms with Crippen LogP contribution >= 0.6 is 11.8 Å². The van der Waals surface area contributed by atoms with Crippen molar-refractivity contribution in [2.24, 2.45) is 5.16 Å². The van der Waals surface area contributed by atoms with Gasteiger partial charge in [-0.2, -0.15) is 11.8 Å². The minimum absolute atomic E-state index is 0.789. The van der Waals surface area contributed by atoms with Crippen LogP contribution in [0.15, 0.2) is 41.6 Å². The monoisotopic (exact) mass is 229 g/mol. The van der Waals surface area contributed by atoms with E-state index in [9.17, 15) is 0 Å². The molecule has 0 aliphatic carbocycles. The van der Waals surface area contributed by atoms with E-state index in [0.29, 0.717) is 0 Å². The Morgan fingerprint density at radius 1 is 1.06 bits per heavy atom. The molecule has 0 spiro atoms. The number of benzene rings is 2. The highest BCUT2D eigenvalue weighted by Crippen LogP contribution is 2.29. The van der Waals surface area contributed by atoms with E-state index in [0.717, 1.165) is 22.8 Å². The zero-order valence-corrected chi connectivity index (χ0v) is 9.50. The highest BCUT2D eigenvalue weighted by molar-refractivity contribution is 7.99. The van der Waals surface area contributed by atoms with Gasteiger partial charge in [0.25, 0.3) is 0 Å². The summed E-state index contributed by atoms with van der Waals surface area (Å²) in [4.78, 5) is 0. The molecule has 0 radical (unpaired) electrons. The summed E-state index contributed by atoms with van der Waals surface area (Å²) in [5.41, 5.74) is 3.15. The summed E-state index contributed by atoms with van der Waals surface area (Å²) in [6, 6.07) is 12.6. The van der Waals surface area contributed by atoms with Gasteiger partial charge in [0, 0.05) is 17.1 Å². The zero-order chi connectivity index (χ0) is 11.0. The van der Waals surface area contributed by atoms with Gasteiger partial charge in [-0.05, 0) is 28.5 Å². The van der Waals surface area contributed by atoms with Crippen LogP contribution < -0.4 is 0 Å². The molecule has 0 atom stereocenters. The molecule has 2 aromatic rings. The Bertz CT molecular complexity index is 577. The van der Waals surface area contributed by atoms with Gasteiger partial charge in [0.05, 0.1) is 5.71 Å². The first-order chi connectivity index (χ1) is 7.88. The molecule has 0 amide bonds. The molecular formula is C13H11NOS. The fourth-order valence-corrected chi connectivity index (χ4v) is 3.06. The Morgan fingerprint density at radius 3 is 2.56 bits per heavy atom. The quantitative estimate of drug-likeness (QED) is 0.555. The summed E-state index contributed by atoms with van der Waals surface area (Å²) < 4.78 is 0. The van der Waals surface area contributed by atoms with Gasteiger partial charge >= 0.3 is 0 Å². The van der Waals surface area contributed by atoms with Gasteiger partial charge in [-0.3, -0.25) is 0 Å². The molecule has 3 rings (SSSR count). The fourth-order valence-electron chi connectivity index (χ4n) is 2.09. The molecular weight excluding hydrogens is 218 g/mol. The number of hydrogen-bond donors (Lipinski definition) is 1. The maximum absolute atomic E-state index is 8.98. The Labute approximate surface area is 98.0 Å². The second-order valence-electron chi connectivity index (χ2n) is 3.90. The van der Waals surface area contributed by atoms with Gasteiger partial charge in [0.1, 0.15) is 0 Å². The third-order valence-electron chi connectivity index (χ3n) is 2.90. The fraction of sp³-hybridized carbons (Fsp3) is 0.154. The molecule has 3 heteroatoms. The number of fused-ring (bicyclic) bond motifs is 2. The first kappa shape index (κ1) is 9.73. The Kier molecular flexibility index (Phi) is 2.33. The van der Waals surface area contributed by atoms with Crippen LogP contribution in [0.25, 0.3) is 10.8 Å². The van der Waals surface area contributed by atoms with Crippen LogP contribution in [0.2, 0.25) is 0 Å². The van der Waals surface area contributed by atoms with E-state index >= 15 is 0 Å². The van der Waals surface area contributed by atoms with Crippen LogP contribution in [0.5, 0.6) is 0 Å². The summed E-state index contributed by atoms with van der Waals surface area (Å²) in [7, 11) is 0. The van der Waals surface area contributed by atoms with Crippen molar-refractivity contribution in [3.05, 3.63) is 47.5 Å². The first-order valence-corrected chi connectivity index (χ1v) is 6.34. The minimum atomic E-state index is 0.789. The first-order valence-electron chi connectivity index (χ1n) is 5.19. The number of hydrogen-bond acceptors (Lipinski definition) is 3. The highest BCUT2D eigenvalue weighted by atomic mass is 32.2. The normalized spacial score (nSPS) is 17.6. The summed E-state index contributed by atoms with van der Waals surface area (Å²) in [5.74, 6) is 1.79. The largest absolute Gasteiger partial charge is 0.411 e. The second kappa shape index (κ2) is 3.83. The molecule has 1 N–H and O–H groups in total. The molecule has 16 heavy (non-hydrogen) atoms. The molecule has 0 saturated heterocycles. The third-order valence-corrected chi connectivity index (χ3v) is 3.89. The van der Waals surface area contributed by atoms with E-state index in [1.165, 1.54) is 16.3 Å². The molecule has 1 aliphatic rings. The van der Waals surface area contributed by atoms with Crippen LogP contribution in [-0.2, 0) is 5.75 Å². The van der Waals surface area contributed by atoms with E-state index in [1.54, 1.807) is 11.8 Å². The van der Waals surface area contributed by atoms with Gasteiger partial charge < -0.3 is 5.21 Å². The second-order valence-corrected chi connectivity index (χ2v) is 4.88. The SMILES string of the molecule is ON=C1CSCc2cc3ccccc3cc21. The standard InChI is InChI=1S/C13H11NOS/c15-14-13-8-16-7-11-5-9-3-1-2-4-10(9)6-12(11)13/h1-6,15H,7-8H2. The molecule has 80 valence electrons. The van der Waals surface area contributed by atoms with Crippen molar-refractivity contribution in [3.63, 3.8) is 0 Å². The van der Waals surface area contributed by atoms with Crippen LogP contribution in [0, 0.1) is 0 Å². The lowest BCUT2D eigenvalue weighted by atomic mass is 9.99. The van der Waals surface area contributed by atoms with Crippen molar-refractivity contribution in [1.29, 1.82) is 0 Å². The van der Waals surface area contributed by atoms with E-state index in [4.69, 9.17) is 5.21 Å². The maximum atomic E-state index is 8.98. The summed E-state index contributed by atoms with van der Waals surface area (Å²) in [5, 5.41) is 14.8. The molecule has 2 nitrogen and oxygen atoms in total. The summed E-state index contributed by atoms with van der Waals surface area (Å²) in [6.45, 7) is 0. The van der Waals surface area contributed by atoms with Gasteiger partial charge in [-0.1, -0.05) is 29.4 Å². The minimum Gasteiger partial charge on any atom is -0.411 e. The van der Waals surface area contributed by atoms with Crippen molar-refractivity contribution >= 4 is 28.2 Å². The Morgan fingerprint density at radius 2 is 1.81 bits per heavy atom. The predicted molar refractivity (Wildman–Crippen MR) is 68.4 cm³/mol. The van der Waals surface area contributed by atoms with Crippen molar-refractivity contribution < 1.29 is 5.21 Å². The molecule has 0 fully saturated rings. The maximum Gasteiger partial charge on any atom is 0.0969 e. The summed E-state index contributed by atoms with van der Waals surface area (Å²) >= 11 is 1.79. The number of rotatable bonds is 0. The van der Waals surface area contributed by atoms with Crippen LogP contribution in [0.4, 0.5) is 0 Å². The molecule has 0 unspecified atom stereocenters. The van der Waals surface area contributed by atoms with Gasteiger partial charge in [-0.25, -0.2) is 0 Å². The smallest absolute Gasteiger partial charge is 0.0969 e. The van der Waals surface area contributed by atoms with E-state index < -0.39 is 0 Å². The number of thioether (sulfide) groups is 1. The molecule has 2 aromatic carbocycles. The summed E-state index contributed by atoms with van der Waals surface area (Å²) in [6.07, 6.45) is 0. The van der Waals surface area contributed by atoms with Gasteiger partial charge in [0.15, 0.2) is 0 Å². The lowest BCUT2D eigenvalue weighted by Crippen LogP contribution is -2.13. The van der Waals surface area contributed by atoms with E-state index in [1.807, 2.05) is 12.1 Å². The topological polar surface area (TPSA) is 32.6 Å². The molecule has 0 aromatic heterocycles.